The number of amides is 2. The predicted octanol–water partition coefficient (Wildman–Crippen LogP) is 1.67. The van der Waals surface area contributed by atoms with Crippen LogP contribution in [0.2, 0.25) is 0 Å². The lowest BCUT2D eigenvalue weighted by Crippen LogP contribution is -2.39. The lowest BCUT2D eigenvalue weighted by molar-refractivity contribution is -0.121. The largest absolute Gasteiger partial charge is 0.358 e. The zero-order valence-electron chi connectivity index (χ0n) is 14.7. The van der Waals surface area contributed by atoms with Gasteiger partial charge >= 0.3 is 0 Å². The Kier molecular flexibility index (Phi) is 5.32. The number of hydrogen-bond acceptors (Lipinski definition) is 4. The summed E-state index contributed by atoms with van der Waals surface area (Å²) in [5.41, 5.74) is 2.43. The molecule has 2 amide bonds. The van der Waals surface area contributed by atoms with E-state index in [0.717, 1.165) is 24.0 Å². The highest BCUT2D eigenvalue weighted by Crippen LogP contribution is 2.22. The predicted molar refractivity (Wildman–Crippen MR) is 96.0 cm³/mol. The van der Waals surface area contributed by atoms with E-state index in [-0.39, 0.29) is 24.3 Å². The number of hydrogen-bond donors (Lipinski definition) is 1. The first-order chi connectivity index (χ1) is 12.6. The molecule has 2 heterocycles. The first-order valence-corrected chi connectivity index (χ1v) is 8.63. The van der Waals surface area contributed by atoms with Crippen molar-refractivity contribution in [1.82, 2.24) is 20.0 Å². The molecule has 1 N–H and O–H groups in total. The molecule has 1 aromatic carbocycles. The number of carbonyl (C=O) groups excluding carboxylic acids is 2. The van der Waals surface area contributed by atoms with Crippen molar-refractivity contribution in [2.75, 3.05) is 20.1 Å². The zero-order chi connectivity index (χ0) is 18.5. The Labute approximate surface area is 152 Å². The van der Waals surface area contributed by atoms with E-state index in [1.165, 1.54) is 0 Å². The van der Waals surface area contributed by atoms with E-state index in [2.05, 4.69) is 16.5 Å². The SMILES string of the molecule is CNC(=O)Cn1cc(-c2ccc(C(=O)N3CCCC(C#N)C3)cc2)cn1. The zero-order valence-corrected chi connectivity index (χ0v) is 14.7. The molecule has 26 heavy (non-hydrogen) atoms. The van der Waals surface area contributed by atoms with Gasteiger partial charge in [-0.2, -0.15) is 10.4 Å². The van der Waals surface area contributed by atoms with Gasteiger partial charge in [-0.3, -0.25) is 14.3 Å². The van der Waals surface area contributed by atoms with Crippen molar-refractivity contribution in [2.45, 2.75) is 19.4 Å². The molecule has 2 aromatic rings. The van der Waals surface area contributed by atoms with Crippen LogP contribution >= 0.6 is 0 Å². The van der Waals surface area contributed by atoms with Crippen LogP contribution in [-0.4, -0.2) is 46.6 Å². The van der Waals surface area contributed by atoms with Crippen LogP contribution in [0.4, 0.5) is 0 Å². The van der Waals surface area contributed by atoms with Gasteiger partial charge in [0.1, 0.15) is 6.54 Å². The highest BCUT2D eigenvalue weighted by molar-refractivity contribution is 5.94. The summed E-state index contributed by atoms with van der Waals surface area (Å²) in [6.45, 7) is 1.37. The Morgan fingerprint density at radius 1 is 1.31 bits per heavy atom. The third-order valence-corrected chi connectivity index (χ3v) is 4.57. The van der Waals surface area contributed by atoms with Crippen LogP contribution in [0.25, 0.3) is 11.1 Å². The quantitative estimate of drug-likeness (QED) is 0.907. The fourth-order valence-electron chi connectivity index (χ4n) is 3.08. The van der Waals surface area contributed by atoms with E-state index in [9.17, 15) is 9.59 Å². The average Bonchev–Trinajstić information content (AvgIpc) is 3.15. The minimum absolute atomic E-state index is 0.0354. The second kappa shape index (κ2) is 7.83. The van der Waals surface area contributed by atoms with Gasteiger partial charge in [0.05, 0.1) is 18.2 Å². The number of nitrogens with one attached hydrogen (secondary N) is 1. The molecule has 1 aromatic heterocycles. The second-order valence-corrected chi connectivity index (χ2v) is 6.40. The minimum Gasteiger partial charge on any atom is -0.358 e. The van der Waals surface area contributed by atoms with E-state index < -0.39 is 0 Å². The molecule has 1 aliphatic heterocycles. The van der Waals surface area contributed by atoms with Gasteiger partial charge < -0.3 is 10.2 Å². The molecule has 1 fully saturated rings. The second-order valence-electron chi connectivity index (χ2n) is 6.40. The Morgan fingerprint density at radius 2 is 2.08 bits per heavy atom. The molecule has 3 rings (SSSR count). The standard InChI is InChI=1S/C19H21N5O2/c1-21-18(25)13-24-12-17(10-22-24)15-4-6-16(7-5-15)19(26)23-8-2-3-14(9-20)11-23/h4-7,10,12,14H,2-3,8,11,13H2,1H3,(H,21,25). The molecule has 1 unspecified atom stereocenters. The third kappa shape index (κ3) is 3.91. The monoisotopic (exact) mass is 351 g/mol. The van der Waals surface area contributed by atoms with E-state index in [1.807, 2.05) is 12.1 Å². The van der Waals surface area contributed by atoms with Crippen molar-refractivity contribution in [2.24, 2.45) is 5.92 Å². The van der Waals surface area contributed by atoms with Gasteiger partial charge in [-0.15, -0.1) is 0 Å². The highest BCUT2D eigenvalue weighted by Gasteiger charge is 2.24. The number of likely N-dealkylation sites (N-methyl/N-ethyl adjacent to an activating group) is 1. The van der Waals surface area contributed by atoms with Gasteiger partial charge in [0.25, 0.3) is 5.91 Å². The van der Waals surface area contributed by atoms with Gasteiger partial charge in [0.2, 0.25) is 5.91 Å². The minimum atomic E-state index is -0.113. The number of nitrogens with zero attached hydrogens (tertiary/aromatic N) is 4. The van der Waals surface area contributed by atoms with Crippen molar-refractivity contribution >= 4 is 11.8 Å². The maximum atomic E-state index is 12.6. The van der Waals surface area contributed by atoms with Gasteiger partial charge in [-0.1, -0.05) is 12.1 Å². The molecule has 1 saturated heterocycles. The highest BCUT2D eigenvalue weighted by atomic mass is 16.2. The molecule has 0 saturated carbocycles. The molecule has 7 nitrogen and oxygen atoms in total. The van der Waals surface area contributed by atoms with E-state index in [1.54, 1.807) is 41.2 Å². The summed E-state index contributed by atoms with van der Waals surface area (Å²) >= 11 is 0. The van der Waals surface area contributed by atoms with Crippen molar-refractivity contribution in [1.29, 1.82) is 5.26 Å². The number of rotatable bonds is 4. The third-order valence-electron chi connectivity index (χ3n) is 4.57. The molecule has 134 valence electrons. The van der Waals surface area contributed by atoms with Crippen molar-refractivity contribution < 1.29 is 9.59 Å². The van der Waals surface area contributed by atoms with Crippen LogP contribution in [-0.2, 0) is 11.3 Å². The van der Waals surface area contributed by atoms with E-state index in [4.69, 9.17) is 5.26 Å². The number of benzene rings is 1. The van der Waals surface area contributed by atoms with Crippen molar-refractivity contribution in [3.05, 3.63) is 42.2 Å². The molecule has 1 aliphatic rings. The molecule has 0 radical (unpaired) electrons. The van der Waals surface area contributed by atoms with Crippen LogP contribution in [0, 0.1) is 17.2 Å². The summed E-state index contributed by atoms with van der Waals surface area (Å²) in [6, 6.07) is 9.60. The van der Waals surface area contributed by atoms with Crippen LogP contribution in [0.1, 0.15) is 23.2 Å². The Hall–Kier alpha value is -3.14. The first-order valence-electron chi connectivity index (χ1n) is 8.63. The first kappa shape index (κ1) is 17.7. The molecular formula is C19H21N5O2. The smallest absolute Gasteiger partial charge is 0.253 e. The molecule has 0 aliphatic carbocycles. The van der Waals surface area contributed by atoms with Gasteiger partial charge in [0.15, 0.2) is 0 Å². The van der Waals surface area contributed by atoms with Crippen molar-refractivity contribution in [3.63, 3.8) is 0 Å². The Balaban J connectivity index is 1.69. The maximum absolute atomic E-state index is 12.6. The summed E-state index contributed by atoms with van der Waals surface area (Å²) < 4.78 is 1.57. The summed E-state index contributed by atoms with van der Waals surface area (Å²) in [5.74, 6) is -0.220. The van der Waals surface area contributed by atoms with E-state index >= 15 is 0 Å². The summed E-state index contributed by atoms with van der Waals surface area (Å²) in [6.07, 6.45) is 5.22. The van der Waals surface area contributed by atoms with Crippen LogP contribution in [0.15, 0.2) is 36.7 Å². The van der Waals surface area contributed by atoms with E-state index in [0.29, 0.717) is 18.7 Å². The number of nitriles is 1. The van der Waals surface area contributed by atoms with Crippen LogP contribution < -0.4 is 5.32 Å². The molecular weight excluding hydrogens is 330 g/mol. The summed E-state index contributed by atoms with van der Waals surface area (Å²) in [4.78, 5) is 25.8. The number of aromatic nitrogens is 2. The lowest BCUT2D eigenvalue weighted by atomic mass is 9.98. The van der Waals surface area contributed by atoms with Gasteiger partial charge in [0, 0.05) is 37.5 Å². The molecule has 7 heteroatoms. The summed E-state index contributed by atoms with van der Waals surface area (Å²) in [7, 11) is 1.59. The summed E-state index contributed by atoms with van der Waals surface area (Å²) in [5, 5.41) is 15.8. The van der Waals surface area contributed by atoms with Crippen molar-refractivity contribution in [3.8, 4) is 17.2 Å². The molecule has 0 bridgehead atoms. The van der Waals surface area contributed by atoms with Crippen LogP contribution in [0.5, 0.6) is 0 Å². The molecule has 1 atom stereocenters. The molecule has 0 spiro atoms. The Bertz CT molecular complexity index is 834. The van der Waals surface area contributed by atoms with Crippen LogP contribution in [0.3, 0.4) is 0 Å². The lowest BCUT2D eigenvalue weighted by Gasteiger charge is -2.29. The van der Waals surface area contributed by atoms with Gasteiger partial charge in [-0.05, 0) is 30.5 Å². The number of likely N-dealkylation sites (tertiary alicyclic amines) is 1. The maximum Gasteiger partial charge on any atom is 0.253 e. The Morgan fingerprint density at radius 3 is 2.77 bits per heavy atom. The number of piperidine rings is 1. The average molecular weight is 351 g/mol. The number of carbonyl (C=O) groups is 2. The fourth-order valence-corrected chi connectivity index (χ4v) is 3.08. The fraction of sp³-hybridized carbons (Fsp3) is 0.368. The normalized spacial score (nSPS) is 16.8. The topological polar surface area (TPSA) is 91.0 Å². The van der Waals surface area contributed by atoms with Gasteiger partial charge in [-0.25, -0.2) is 0 Å².